The van der Waals surface area contributed by atoms with Crippen molar-refractivity contribution in [3.63, 3.8) is 0 Å². The van der Waals surface area contributed by atoms with E-state index in [4.69, 9.17) is 12.6 Å². The van der Waals surface area contributed by atoms with Crippen LogP contribution in [0.15, 0.2) is 0 Å². The third-order valence-electron chi connectivity index (χ3n) is 1.08. The minimum Gasteiger partial charge on any atom is -0.243 e. The standard InChI is InChI=1S/C4H7N4S/c1-3(2-9)4-5-7-8-6-4/h3H,2H2,1H3,(H,5,6,7,8). The van der Waals surface area contributed by atoms with Crippen LogP contribution in [0.5, 0.6) is 0 Å². The first kappa shape index (κ1) is 6.54. The van der Waals surface area contributed by atoms with Crippen LogP contribution < -0.4 is 0 Å². The molecule has 0 spiro atoms. The molecule has 0 saturated carbocycles. The second-order valence-corrected chi connectivity index (χ2v) is 2.19. The number of aromatic nitrogens is 4. The maximum absolute atomic E-state index is 4.81. The Labute approximate surface area is 58.5 Å². The summed E-state index contributed by atoms with van der Waals surface area (Å²) in [5, 5.41) is 13.2. The summed E-state index contributed by atoms with van der Waals surface area (Å²) >= 11 is 4.81. The summed E-state index contributed by atoms with van der Waals surface area (Å²) in [6.07, 6.45) is 0. The van der Waals surface area contributed by atoms with Crippen molar-refractivity contribution < 1.29 is 0 Å². The Morgan fingerprint density at radius 2 is 2.56 bits per heavy atom. The Hall–Kier alpha value is -0.580. The first-order valence-corrected chi connectivity index (χ1v) is 3.24. The van der Waals surface area contributed by atoms with Crippen molar-refractivity contribution in [2.75, 3.05) is 5.75 Å². The molecule has 1 rings (SSSR count). The van der Waals surface area contributed by atoms with Crippen LogP contribution in [0.2, 0.25) is 0 Å². The van der Waals surface area contributed by atoms with Crippen LogP contribution in [-0.2, 0) is 0 Å². The summed E-state index contributed by atoms with van der Waals surface area (Å²) in [4.78, 5) is 0. The smallest absolute Gasteiger partial charge is 0.152 e. The lowest BCUT2D eigenvalue weighted by molar-refractivity contribution is 0.791. The predicted molar refractivity (Wildman–Crippen MR) is 35.1 cm³/mol. The van der Waals surface area contributed by atoms with E-state index in [-0.39, 0.29) is 5.92 Å². The molecule has 0 aromatic carbocycles. The van der Waals surface area contributed by atoms with E-state index >= 15 is 0 Å². The van der Waals surface area contributed by atoms with Gasteiger partial charge in [0.05, 0.1) is 0 Å². The fourth-order valence-corrected chi connectivity index (χ4v) is 0.612. The van der Waals surface area contributed by atoms with Crippen LogP contribution in [0.4, 0.5) is 0 Å². The van der Waals surface area contributed by atoms with E-state index in [1.54, 1.807) is 0 Å². The van der Waals surface area contributed by atoms with Crippen molar-refractivity contribution in [2.24, 2.45) is 0 Å². The molecule has 0 bridgehead atoms. The fraction of sp³-hybridized carbons (Fsp3) is 0.750. The SMILES string of the molecule is CC(C[S])c1nnn[nH]1. The van der Waals surface area contributed by atoms with Crippen LogP contribution >= 0.6 is 12.6 Å². The molecule has 0 aliphatic heterocycles. The number of H-pyrrole nitrogens is 1. The molecule has 1 atom stereocenters. The van der Waals surface area contributed by atoms with E-state index in [0.29, 0.717) is 5.75 Å². The normalized spacial score (nSPS) is 13.6. The third-order valence-corrected chi connectivity index (χ3v) is 1.58. The minimum absolute atomic E-state index is 0.259. The highest BCUT2D eigenvalue weighted by atomic mass is 32.1. The summed E-state index contributed by atoms with van der Waals surface area (Å²) in [7, 11) is 0. The molecule has 0 saturated heterocycles. The van der Waals surface area contributed by atoms with Gasteiger partial charge in [-0.05, 0) is 10.4 Å². The number of aromatic amines is 1. The van der Waals surface area contributed by atoms with Gasteiger partial charge in [0.2, 0.25) is 0 Å². The van der Waals surface area contributed by atoms with Crippen molar-refractivity contribution in [3.05, 3.63) is 5.82 Å². The molecule has 1 N–H and O–H groups in total. The maximum atomic E-state index is 4.81. The van der Waals surface area contributed by atoms with Gasteiger partial charge in [0.15, 0.2) is 5.82 Å². The summed E-state index contributed by atoms with van der Waals surface area (Å²) in [6.45, 7) is 1.98. The van der Waals surface area contributed by atoms with E-state index in [2.05, 4.69) is 20.6 Å². The number of nitrogens with one attached hydrogen (secondary N) is 1. The van der Waals surface area contributed by atoms with Crippen LogP contribution in [-0.4, -0.2) is 26.4 Å². The predicted octanol–water partition coefficient (Wildman–Crippen LogP) is 0.501. The molecular weight excluding hydrogens is 136 g/mol. The molecule has 1 unspecified atom stereocenters. The molecular formula is C4H7N4S. The van der Waals surface area contributed by atoms with Crippen LogP contribution in [0.1, 0.15) is 18.7 Å². The average Bonchev–Trinajstić information content (AvgIpc) is 2.37. The second kappa shape index (κ2) is 2.82. The van der Waals surface area contributed by atoms with Gasteiger partial charge in [-0.2, -0.15) is 0 Å². The van der Waals surface area contributed by atoms with Crippen molar-refractivity contribution in [1.82, 2.24) is 20.6 Å². The van der Waals surface area contributed by atoms with E-state index in [9.17, 15) is 0 Å². The lowest BCUT2D eigenvalue weighted by Crippen LogP contribution is -1.96. The Bertz CT molecular complexity index is 161. The largest absolute Gasteiger partial charge is 0.243 e. The molecule has 49 valence electrons. The van der Waals surface area contributed by atoms with Gasteiger partial charge in [0.1, 0.15) is 0 Å². The number of tetrazole rings is 1. The number of hydrogen-bond acceptors (Lipinski definition) is 3. The van der Waals surface area contributed by atoms with Crippen LogP contribution in [0.25, 0.3) is 0 Å². The molecule has 1 radical (unpaired) electrons. The van der Waals surface area contributed by atoms with Crippen molar-refractivity contribution in [3.8, 4) is 0 Å². The Kier molecular flexibility index (Phi) is 2.05. The van der Waals surface area contributed by atoms with Crippen molar-refractivity contribution >= 4 is 12.6 Å². The van der Waals surface area contributed by atoms with Crippen LogP contribution in [0, 0.1) is 0 Å². The van der Waals surface area contributed by atoms with Gasteiger partial charge in [0.25, 0.3) is 0 Å². The highest BCUT2D eigenvalue weighted by Crippen LogP contribution is 2.07. The van der Waals surface area contributed by atoms with Crippen molar-refractivity contribution in [1.29, 1.82) is 0 Å². The highest BCUT2D eigenvalue weighted by Gasteiger charge is 2.05. The average molecular weight is 143 g/mol. The van der Waals surface area contributed by atoms with Gasteiger partial charge in [-0.15, -0.1) is 5.10 Å². The Balaban J connectivity index is 2.65. The number of nitrogens with zero attached hydrogens (tertiary/aromatic N) is 3. The molecule has 5 heteroatoms. The lowest BCUT2D eigenvalue weighted by Gasteiger charge is -1.97. The zero-order valence-electron chi connectivity index (χ0n) is 5.03. The monoisotopic (exact) mass is 143 g/mol. The highest BCUT2D eigenvalue weighted by molar-refractivity contribution is 7.80. The number of rotatable bonds is 2. The zero-order valence-corrected chi connectivity index (χ0v) is 5.85. The molecule has 1 aromatic heterocycles. The zero-order chi connectivity index (χ0) is 6.69. The molecule has 0 fully saturated rings. The van der Waals surface area contributed by atoms with E-state index in [0.717, 1.165) is 5.82 Å². The molecule has 9 heavy (non-hydrogen) atoms. The summed E-state index contributed by atoms with van der Waals surface area (Å²) in [6, 6.07) is 0. The second-order valence-electron chi connectivity index (χ2n) is 1.85. The molecule has 1 heterocycles. The molecule has 1 aromatic rings. The summed E-state index contributed by atoms with van der Waals surface area (Å²) in [5.74, 6) is 1.68. The first-order chi connectivity index (χ1) is 4.34. The minimum atomic E-state index is 0.259. The van der Waals surface area contributed by atoms with E-state index in [1.165, 1.54) is 0 Å². The van der Waals surface area contributed by atoms with Gasteiger partial charge in [0, 0.05) is 11.7 Å². The van der Waals surface area contributed by atoms with Crippen molar-refractivity contribution in [2.45, 2.75) is 12.8 Å². The molecule has 0 amide bonds. The molecule has 0 aliphatic rings. The Morgan fingerprint density at radius 1 is 1.78 bits per heavy atom. The van der Waals surface area contributed by atoms with Crippen LogP contribution in [0.3, 0.4) is 0 Å². The summed E-state index contributed by atoms with van der Waals surface area (Å²) < 4.78 is 0. The quantitative estimate of drug-likeness (QED) is 0.656. The van der Waals surface area contributed by atoms with E-state index in [1.807, 2.05) is 6.92 Å². The fourth-order valence-electron chi connectivity index (χ4n) is 0.454. The van der Waals surface area contributed by atoms with Gasteiger partial charge in [-0.3, -0.25) is 0 Å². The summed E-state index contributed by atoms with van der Waals surface area (Å²) in [5.41, 5.74) is 0. The molecule has 0 aliphatic carbocycles. The topological polar surface area (TPSA) is 54.5 Å². The first-order valence-electron chi connectivity index (χ1n) is 2.66. The Morgan fingerprint density at radius 3 is 3.00 bits per heavy atom. The van der Waals surface area contributed by atoms with Gasteiger partial charge >= 0.3 is 0 Å². The molecule has 4 nitrogen and oxygen atoms in total. The van der Waals surface area contributed by atoms with E-state index < -0.39 is 0 Å². The number of hydrogen-bond donors (Lipinski definition) is 1. The van der Waals surface area contributed by atoms with Gasteiger partial charge < -0.3 is 0 Å². The third kappa shape index (κ3) is 1.41. The lowest BCUT2D eigenvalue weighted by atomic mass is 10.2. The van der Waals surface area contributed by atoms with Gasteiger partial charge in [-0.25, -0.2) is 5.10 Å². The maximum Gasteiger partial charge on any atom is 0.152 e. The van der Waals surface area contributed by atoms with Gasteiger partial charge in [-0.1, -0.05) is 19.6 Å².